The van der Waals surface area contributed by atoms with Gasteiger partial charge in [-0.2, -0.15) is 0 Å². The fraction of sp³-hybridized carbons (Fsp3) is 0.357. The maximum absolute atomic E-state index is 11.8. The number of aryl methyl sites for hydroxylation is 1. The number of benzene rings is 1. The summed E-state index contributed by atoms with van der Waals surface area (Å²) in [5.41, 5.74) is 6.88. The van der Waals surface area contributed by atoms with Crippen LogP contribution in [-0.4, -0.2) is 29.1 Å². The molecule has 3 amide bonds. The van der Waals surface area contributed by atoms with Crippen molar-refractivity contribution in [1.82, 2.24) is 10.6 Å². The lowest BCUT2D eigenvalue weighted by Crippen LogP contribution is -2.48. The summed E-state index contributed by atoms with van der Waals surface area (Å²) in [6.45, 7) is 3.70. The zero-order chi connectivity index (χ0) is 16.0. The molecule has 7 heteroatoms. The fourth-order valence-corrected chi connectivity index (χ4v) is 1.95. The van der Waals surface area contributed by atoms with Gasteiger partial charge in [0.05, 0.1) is 12.5 Å². The number of nitrogens with two attached hydrogens (primary N) is 1. The molecule has 0 heterocycles. The van der Waals surface area contributed by atoms with Crippen LogP contribution in [0.25, 0.3) is 0 Å². The average Bonchev–Trinajstić information content (AvgIpc) is 2.37. The number of hydrogen-bond donors (Lipinski definition) is 4. The van der Waals surface area contributed by atoms with Crippen LogP contribution in [0.2, 0.25) is 0 Å². The molecule has 5 N–H and O–H groups in total. The van der Waals surface area contributed by atoms with E-state index in [1.807, 2.05) is 31.2 Å². The first-order valence-corrected chi connectivity index (χ1v) is 6.45. The highest BCUT2D eigenvalue weighted by atomic mass is 16.4. The number of carbonyl (C=O) groups is 3. The number of carbonyl (C=O) groups excluding carboxylic acids is 2. The smallest absolute Gasteiger partial charge is 0.326 e. The number of rotatable bonds is 6. The van der Waals surface area contributed by atoms with E-state index >= 15 is 0 Å². The van der Waals surface area contributed by atoms with Crippen LogP contribution in [0.4, 0.5) is 4.79 Å². The van der Waals surface area contributed by atoms with Gasteiger partial charge >= 0.3 is 12.0 Å². The van der Waals surface area contributed by atoms with Gasteiger partial charge in [0.15, 0.2) is 0 Å². The van der Waals surface area contributed by atoms with Gasteiger partial charge in [-0.15, -0.1) is 0 Å². The van der Waals surface area contributed by atoms with Crippen molar-refractivity contribution >= 4 is 17.9 Å². The summed E-state index contributed by atoms with van der Waals surface area (Å²) in [4.78, 5) is 33.5. The Morgan fingerprint density at radius 1 is 1.24 bits per heavy atom. The van der Waals surface area contributed by atoms with Crippen LogP contribution in [0, 0.1) is 6.92 Å². The van der Waals surface area contributed by atoms with E-state index < -0.39 is 30.4 Å². The van der Waals surface area contributed by atoms with Gasteiger partial charge in [0.1, 0.15) is 6.04 Å². The molecule has 0 spiro atoms. The minimum Gasteiger partial charge on any atom is -0.480 e. The molecule has 0 aliphatic carbocycles. The van der Waals surface area contributed by atoms with Crippen molar-refractivity contribution in [1.29, 1.82) is 0 Å². The predicted molar refractivity (Wildman–Crippen MR) is 76.5 cm³/mol. The highest BCUT2D eigenvalue weighted by Gasteiger charge is 2.23. The number of hydrogen-bond acceptors (Lipinski definition) is 3. The summed E-state index contributed by atoms with van der Waals surface area (Å²) < 4.78 is 0. The maximum Gasteiger partial charge on any atom is 0.326 e. The molecule has 114 valence electrons. The first-order valence-electron chi connectivity index (χ1n) is 6.45. The number of carboxylic acid groups (broad SMARTS) is 1. The Balaban J connectivity index is 2.66. The summed E-state index contributed by atoms with van der Waals surface area (Å²) in [6.07, 6.45) is -0.457. The lowest BCUT2D eigenvalue weighted by atomic mass is 10.0. The Bertz CT molecular complexity index is 545. The van der Waals surface area contributed by atoms with Gasteiger partial charge in [0.2, 0.25) is 5.91 Å². The zero-order valence-electron chi connectivity index (χ0n) is 11.9. The van der Waals surface area contributed by atoms with Crippen molar-refractivity contribution in [3.63, 3.8) is 0 Å². The summed E-state index contributed by atoms with van der Waals surface area (Å²) in [6, 6.07) is 5.22. The van der Waals surface area contributed by atoms with Gasteiger partial charge in [-0.05, 0) is 25.0 Å². The Hall–Kier alpha value is -2.57. The van der Waals surface area contributed by atoms with Crippen molar-refractivity contribution < 1.29 is 19.5 Å². The molecule has 0 aliphatic heterocycles. The quantitative estimate of drug-likeness (QED) is 0.616. The molecule has 0 aliphatic rings. The number of aliphatic carboxylic acids is 1. The molecule has 1 aromatic rings. The van der Waals surface area contributed by atoms with Crippen LogP contribution in [0.1, 0.15) is 30.5 Å². The van der Waals surface area contributed by atoms with Crippen LogP contribution in [-0.2, 0) is 9.59 Å². The number of urea groups is 1. The summed E-state index contributed by atoms with van der Waals surface area (Å²) in [5.74, 6) is -2.11. The molecule has 21 heavy (non-hydrogen) atoms. The minimum atomic E-state index is -1.34. The largest absolute Gasteiger partial charge is 0.480 e. The van der Waals surface area contributed by atoms with E-state index in [9.17, 15) is 14.4 Å². The van der Waals surface area contributed by atoms with Gasteiger partial charge in [-0.25, -0.2) is 9.59 Å². The van der Waals surface area contributed by atoms with E-state index in [-0.39, 0.29) is 6.04 Å². The molecule has 2 atom stereocenters. The van der Waals surface area contributed by atoms with Crippen LogP contribution in [0.5, 0.6) is 0 Å². The van der Waals surface area contributed by atoms with Crippen molar-refractivity contribution in [3.05, 3.63) is 35.4 Å². The lowest BCUT2D eigenvalue weighted by molar-refractivity contribution is -0.140. The van der Waals surface area contributed by atoms with E-state index in [0.717, 1.165) is 11.1 Å². The second-order valence-corrected chi connectivity index (χ2v) is 4.76. The minimum absolute atomic E-state index is 0.297. The zero-order valence-corrected chi connectivity index (χ0v) is 11.9. The van der Waals surface area contributed by atoms with Crippen LogP contribution >= 0.6 is 0 Å². The van der Waals surface area contributed by atoms with Gasteiger partial charge < -0.3 is 21.5 Å². The summed E-state index contributed by atoms with van der Waals surface area (Å²) >= 11 is 0. The lowest BCUT2D eigenvalue weighted by Gasteiger charge is -2.19. The molecule has 7 nitrogen and oxygen atoms in total. The van der Waals surface area contributed by atoms with Crippen LogP contribution in [0.3, 0.4) is 0 Å². The maximum atomic E-state index is 11.8. The van der Waals surface area contributed by atoms with Crippen molar-refractivity contribution in [3.8, 4) is 0 Å². The molecule has 0 radical (unpaired) electrons. The third-order valence-electron chi connectivity index (χ3n) is 3.01. The second kappa shape index (κ2) is 7.28. The molecular weight excluding hydrogens is 274 g/mol. The topological polar surface area (TPSA) is 122 Å². The Morgan fingerprint density at radius 2 is 1.86 bits per heavy atom. The van der Waals surface area contributed by atoms with Gasteiger partial charge in [0, 0.05) is 0 Å². The molecule has 1 unspecified atom stereocenters. The number of primary amides is 1. The first kappa shape index (κ1) is 16.5. The Kier molecular flexibility index (Phi) is 5.71. The normalized spacial score (nSPS) is 13.0. The van der Waals surface area contributed by atoms with Crippen molar-refractivity contribution in [2.75, 3.05) is 0 Å². The molecule has 0 saturated carbocycles. The average molecular weight is 293 g/mol. The highest BCUT2D eigenvalue weighted by Crippen LogP contribution is 2.16. The number of carboxylic acids is 1. The molecule has 0 fully saturated rings. The second-order valence-electron chi connectivity index (χ2n) is 4.76. The monoisotopic (exact) mass is 293 g/mol. The van der Waals surface area contributed by atoms with E-state index in [0.29, 0.717) is 0 Å². The summed E-state index contributed by atoms with van der Waals surface area (Å²) in [7, 11) is 0. The van der Waals surface area contributed by atoms with Gasteiger partial charge in [-0.3, -0.25) is 4.79 Å². The molecule has 0 bridgehead atoms. The van der Waals surface area contributed by atoms with Crippen molar-refractivity contribution in [2.45, 2.75) is 32.4 Å². The Morgan fingerprint density at radius 3 is 2.38 bits per heavy atom. The number of nitrogens with one attached hydrogen (secondary N) is 2. The predicted octanol–water partition coefficient (Wildman–Crippen LogP) is 0.684. The number of amides is 3. The third-order valence-corrected chi connectivity index (χ3v) is 3.01. The SMILES string of the molecule is Cc1ccccc1C(C)NC(=O)N[C@@H](CC(N)=O)C(=O)O. The third kappa shape index (κ3) is 5.13. The Labute approximate surface area is 122 Å². The van der Waals surface area contributed by atoms with Crippen molar-refractivity contribution in [2.24, 2.45) is 5.73 Å². The first-order chi connectivity index (χ1) is 9.81. The molecule has 0 aromatic heterocycles. The van der Waals surface area contributed by atoms with E-state index in [1.165, 1.54) is 0 Å². The van der Waals surface area contributed by atoms with Crippen LogP contribution in [0.15, 0.2) is 24.3 Å². The molecular formula is C14H19N3O4. The van der Waals surface area contributed by atoms with Crippen LogP contribution < -0.4 is 16.4 Å². The fourth-order valence-electron chi connectivity index (χ4n) is 1.95. The summed E-state index contributed by atoms with van der Waals surface area (Å²) in [5, 5.41) is 13.8. The molecule has 1 aromatic carbocycles. The van der Waals surface area contributed by atoms with Gasteiger partial charge in [-0.1, -0.05) is 24.3 Å². The van der Waals surface area contributed by atoms with Gasteiger partial charge in [0.25, 0.3) is 0 Å². The van der Waals surface area contributed by atoms with E-state index in [2.05, 4.69) is 10.6 Å². The molecule has 1 rings (SSSR count). The standard InChI is InChI=1S/C14H19N3O4/c1-8-5-3-4-6-10(8)9(2)16-14(21)17-11(13(19)20)7-12(15)18/h3-6,9,11H,7H2,1-2H3,(H2,15,18)(H,19,20)(H2,16,17,21)/t9?,11-/m0/s1. The molecule has 0 saturated heterocycles. The van der Waals surface area contributed by atoms with E-state index in [1.54, 1.807) is 6.92 Å². The highest BCUT2D eigenvalue weighted by molar-refractivity contribution is 5.87. The van der Waals surface area contributed by atoms with E-state index in [4.69, 9.17) is 10.8 Å².